The first-order valence-corrected chi connectivity index (χ1v) is 6.55. The summed E-state index contributed by atoms with van der Waals surface area (Å²) < 4.78 is 13.8. The number of hydrogen-bond acceptors (Lipinski definition) is 4. The van der Waals surface area contributed by atoms with Gasteiger partial charge < -0.3 is 0 Å². The molecule has 0 spiro atoms. The minimum absolute atomic E-state index is 0.118. The van der Waals surface area contributed by atoms with Crippen LogP contribution in [-0.4, -0.2) is 28.3 Å². The molecular weight excluding hydrogens is 295 g/mol. The molecule has 1 aromatic carbocycles. The summed E-state index contributed by atoms with van der Waals surface area (Å²) in [6.07, 6.45) is 1.34. The Kier molecular flexibility index (Phi) is 3.17. The second-order valence-electron chi connectivity index (χ2n) is 4.58. The van der Waals surface area contributed by atoms with E-state index in [4.69, 9.17) is 11.6 Å². The van der Waals surface area contributed by atoms with Crippen molar-refractivity contribution >= 4 is 41.0 Å². The highest BCUT2D eigenvalue weighted by molar-refractivity contribution is 6.43. The van der Waals surface area contributed by atoms with E-state index in [1.165, 1.54) is 23.2 Å². The number of rotatable bonds is 1. The van der Waals surface area contributed by atoms with Crippen molar-refractivity contribution in [3.63, 3.8) is 0 Å². The molecule has 0 fully saturated rings. The lowest BCUT2D eigenvalue weighted by Gasteiger charge is -2.18. The van der Waals surface area contributed by atoms with Crippen molar-refractivity contribution in [1.82, 2.24) is 5.01 Å². The fraction of sp³-hybridized carbons (Fsp3) is 0.143. The van der Waals surface area contributed by atoms with Crippen LogP contribution < -0.4 is 0 Å². The van der Waals surface area contributed by atoms with Crippen LogP contribution in [-0.2, 0) is 4.79 Å². The Labute approximate surface area is 125 Å². The van der Waals surface area contributed by atoms with E-state index < -0.39 is 11.7 Å². The van der Waals surface area contributed by atoms with Crippen molar-refractivity contribution in [2.75, 3.05) is 0 Å². The number of nitrogens with zero attached hydrogens (tertiary/aromatic N) is 4. The van der Waals surface area contributed by atoms with Gasteiger partial charge in [-0.05, 0) is 32.1 Å². The van der Waals surface area contributed by atoms with Crippen LogP contribution >= 0.6 is 11.6 Å². The van der Waals surface area contributed by atoms with E-state index in [1.54, 1.807) is 19.9 Å². The normalized spacial score (nSPS) is 19.4. The van der Waals surface area contributed by atoms with Crippen LogP contribution in [0.1, 0.15) is 19.4 Å². The number of hydrazone groups is 1. The zero-order chi connectivity index (χ0) is 15.1. The first kappa shape index (κ1) is 13.6. The number of aliphatic imine (C=N–C) groups is 2. The molecule has 0 bridgehead atoms. The number of carbonyl (C=O) groups excluding carboxylic acids is 1. The molecule has 2 aliphatic rings. The molecular formula is C14H10ClFN4O. The van der Waals surface area contributed by atoms with E-state index in [9.17, 15) is 9.18 Å². The molecule has 0 saturated heterocycles. The van der Waals surface area contributed by atoms with Crippen molar-refractivity contribution in [3.05, 3.63) is 40.3 Å². The fourth-order valence-corrected chi connectivity index (χ4v) is 2.14. The smallest absolute Gasteiger partial charge is 0.265 e. The van der Waals surface area contributed by atoms with E-state index in [-0.39, 0.29) is 22.2 Å². The third-order valence-corrected chi connectivity index (χ3v) is 3.49. The number of amides is 1. The second kappa shape index (κ2) is 4.89. The van der Waals surface area contributed by atoms with Gasteiger partial charge in [0, 0.05) is 5.56 Å². The SMILES string of the molecule is CC1=NC2=NC(=O)C(=Cc3c(F)cccc3Cl)N2N=C1C. The lowest BCUT2D eigenvalue weighted by Crippen LogP contribution is -2.28. The van der Waals surface area contributed by atoms with E-state index in [0.717, 1.165) is 0 Å². The number of halogens is 2. The van der Waals surface area contributed by atoms with Gasteiger partial charge in [-0.15, -0.1) is 0 Å². The molecule has 2 heterocycles. The summed E-state index contributed by atoms with van der Waals surface area (Å²) in [7, 11) is 0. The third kappa shape index (κ3) is 2.27. The first-order chi connectivity index (χ1) is 9.97. The van der Waals surface area contributed by atoms with Crippen molar-refractivity contribution < 1.29 is 9.18 Å². The van der Waals surface area contributed by atoms with Crippen LogP contribution in [0, 0.1) is 5.82 Å². The fourth-order valence-electron chi connectivity index (χ4n) is 1.93. The summed E-state index contributed by atoms with van der Waals surface area (Å²) in [6.45, 7) is 3.55. The number of carbonyl (C=O) groups is 1. The summed E-state index contributed by atoms with van der Waals surface area (Å²) in [5.41, 5.74) is 1.59. The van der Waals surface area contributed by atoms with Gasteiger partial charge in [0.05, 0.1) is 16.4 Å². The van der Waals surface area contributed by atoms with Crippen molar-refractivity contribution in [1.29, 1.82) is 0 Å². The lowest BCUT2D eigenvalue weighted by atomic mass is 10.1. The molecule has 2 aliphatic heterocycles. The molecule has 0 aliphatic carbocycles. The van der Waals surface area contributed by atoms with Crippen LogP contribution in [0.15, 0.2) is 39.0 Å². The van der Waals surface area contributed by atoms with Gasteiger partial charge >= 0.3 is 0 Å². The van der Waals surface area contributed by atoms with Crippen LogP contribution in [0.3, 0.4) is 0 Å². The molecule has 7 heteroatoms. The Morgan fingerprint density at radius 2 is 2.00 bits per heavy atom. The van der Waals surface area contributed by atoms with E-state index >= 15 is 0 Å². The van der Waals surface area contributed by atoms with Crippen LogP contribution in [0.4, 0.5) is 4.39 Å². The Morgan fingerprint density at radius 3 is 2.71 bits per heavy atom. The van der Waals surface area contributed by atoms with Crippen LogP contribution in [0.2, 0.25) is 5.02 Å². The Balaban J connectivity index is 2.09. The maximum Gasteiger partial charge on any atom is 0.299 e. The van der Waals surface area contributed by atoms with Crippen molar-refractivity contribution in [3.8, 4) is 0 Å². The van der Waals surface area contributed by atoms with Crippen molar-refractivity contribution in [2.45, 2.75) is 13.8 Å². The maximum absolute atomic E-state index is 13.8. The Hall–Kier alpha value is -2.34. The first-order valence-electron chi connectivity index (χ1n) is 6.17. The van der Waals surface area contributed by atoms with Crippen LogP contribution in [0.5, 0.6) is 0 Å². The van der Waals surface area contributed by atoms with Crippen LogP contribution in [0.25, 0.3) is 6.08 Å². The largest absolute Gasteiger partial charge is 0.299 e. The molecule has 1 aromatic rings. The van der Waals surface area contributed by atoms with Gasteiger partial charge in [0.1, 0.15) is 11.5 Å². The Morgan fingerprint density at radius 1 is 1.24 bits per heavy atom. The van der Waals surface area contributed by atoms with Gasteiger partial charge in [0.25, 0.3) is 11.9 Å². The van der Waals surface area contributed by atoms with E-state index in [1.807, 2.05) is 0 Å². The van der Waals surface area contributed by atoms with Gasteiger partial charge in [-0.1, -0.05) is 17.7 Å². The molecule has 0 atom stereocenters. The maximum atomic E-state index is 13.8. The lowest BCUT2D eigenvalue weighted by molar-refractivity contribution is -0.114. The van der Waals surface area contributed by atoms with E-state index in [0.29, 0.717) is 11.4 Å². The molecule has 0 radical (unpaired) electrons. The minimum atomic E-state index is -0.528. The summed E-state index contributed by atoms with van der Waals surface area (Å²) in [5, 5.41) is 5.75. The molecule has 0 aromatic heterocycles. The predicted molar refractivity (Wildman–Crippen MR) is 79.9 cm³/mol. The Bertz CT molecular complexity index is 759. The van der Waals surface area contributed by atoms with Gasteiger partial charge in [-0.25, -0.2) is 9.38 Å². The van der Waals surface area contributed by atoms with Gasteiger partial charge in [-0.2, -0.15) is 15.1 Å². The molecule has 1 amide bonds. The minimum Gasteiger partial charge on any atom is -0.265 e. The molecule has 3 rings (SSSR count). The summed E-state index contributed by atoms with van der Waals surface area (Å²) in [5.74, 6) is -0.866. The topological polar surface area (TPSA) is 57.4 Å². The molecule has 0 N–H and O–H groups in total. The molecule has 0 saturated carbocycles. The number of fused-ring (bicyclic) bond motifs is 1. The number of benzene rings is 1. The average molecular weight is 305 g/mol. The highest BCUT2D eigenvalue weighted by Gasteiger charge is 2.32. The predicted octanol–water partition coefficient (Wildman–Crippen LogP) is 2.87. The zero-order valence-electron chi connectivity index (χ0n) is 11.3. The zero-order valence-corrected chi connectivity index (χ0v) is 12.0. The quantitative estimate of drug-likeness (QED) is 0.749. The van der Waals surface area contributed by atoms with E-state index in [2.05, 4.69) is 15.1 Å². The standard InChI is InChI=1S/C14H10ClFN4O/c1-7-8(2)19-20-12(13(21)18-14(20)17-7)6-9-10(15)4-3-5-11(9)16/h3-6H,1-2H3. The molecule has 0 unspecified atom stereocenters. The number of hydrogen-bond donors (Lipinski definition) is 0. The van der Waals surface area contributed by atoms with Gasteiger partial charge in [0.15, 0.2) is 0 Å². The molecule has 106 valence electrons. The summed E-state index contributed by atoms with van der Waals surface area (Å²) in [4.78, 5) is 20.0. The monoisotopic (exact) mass is 304 g/mol. The highest BCUT2D eigenvalue weighted by Crippen LogP contribution is 2.27. The average Bonchev–Trinajstić information content (AvgIpc) is 2.70. The number of guanidine groups is 1. The third-order valence-electron chi connectivity index (χ3n) is 3.16. The van der Waals surface area contributed by atoms with Crippen molar-refractivity contribution in [2.24, 2.45) is 15.1 Å². The molecule has 5 nitrogen and oxygen atoms in total. The highest BCUT2D eigenvalue weighted by atomic mass is 35.5. The van der Waals surface area contributed by atoms with Gasteiger partial charge in [0.2, 0.25) is 0 Å². The summed E-state index contributed by atoms with van der Waals surface area (Å²) in [6, 6.07) is 4.31. The second-order valence-corrected chi connectivity index (χ2v) is 4.98. The molecule has 21 heavy (non-hydrogen) atoms. The summed E-state index contributed by atoms with van der Waals surface area (Å²) >= 11 is 5.97. The van der Waals surface area contributed by atoms with Gasteiger partial charge in [-0.3, -0.25) is 4.79 Å².